The highest BCUT2D eigenvalue weighted by atomic mass is 80.0. The highest BCUT2D eigenvalue weighted by Crippen LogP contribution is 2.59. The average molecular weight is 645 g/mol. The first-order chi connectivity index (χ1) is 12.9. The first-order valence-electron chi connectivity index (χ1n) is 7.51. The molecular weight excluding hydrogens is 623 g/mol. The van der Waals surface area contributed by atoms with Crippen LogP contribution in [-0.2, 0) is 11.9 Å². The molecule has 26 heavy (non-hydrogen) atoms. The molecule has 0 aliphatic heterocycles. The number of nitrogens with zero attached hydrogens (tertiary/aromatic N) is 4. The summed E-state index contributed by atoms with van der Waals surface area (Å²) in [6.45, 7) is 2.20. The summed E-state index contributed by atoms with van der Waals surface area (Å²) in [4.78, 5) is 15.2. The number of aliphatic hydroxyl groups is 1. The largest absolute Gasteiger partial charge is 0.481 e. The van der Waals surface area contributed by atoms with Gasteiger partial charge in [-0.15, -0.1) is 0 Å². The Hall–Kier alpha value is 0.0700. The lowest BCUT2D eigenvalue weighted by Crippen LogP contribution is -1.95. The van der Waals surface area contributed by atoms with Crippen LogP contribution < -0.4 is 9.47 Å². The van der Waals surface area contributed by atoms with E-state index in [-0.39, 0.29) is 10.6 Å². The molecular formula is C14H21Br4N4O3P. The quantitative estimate of drug-likeness (QED) is 0.333. The maximum absolute atomic E-state index is 8.69. The van der Waals surface area contributed by atoms with Gasteiger partial charge in [0.15, 0.2) is 0 Å². The minimum Gasteiger partial charge on any atom is -0.481 e. The fourth-order valence-corrected chi connectivity index (χ4v) is 1.65. The molecule has 0 aliphatic carbocycles. The van der Waals surface area contributed by atoms with Crippen molar-refractivity contribution in [1.29, 1.82) is 0 Å². The summed E-state index contributed by atoms with van der Waals surface area (Å²) in [5.74, 6) is 1.06. The second-order valence-electron chi connectivity index (χ2n) is 3.60. The Labute approximate surface area is 189 Å². The number of alkyl halides is 1. The van der Waals surface area contributed by atoms with E-state index in [1.54, 1.807) is 20.2 Å². The van der Waals surface area contributed by atoms with Crippen LogP contribution in [0.15, 0.2) is 25.0 Å². The molecule has 0 aliphatic rings. The third kappa shape index (κ3) is 14.2. The van der Waals surface area contributed by atoms with Gasteiger partial charge in [0.1, 0.15) is 16.7 Å². The zero-order valence-electron chi connectivity index (χ0n) is 15.4. The van der Waals surface area contributed by atoms with E-state index in [2.05, 4.69) is 82.3 Å². The van der Waals surface area contributed by atoms with Crippen LogP contribution in [0.1, 0.15) is 26.3 Å². The Balaban J connectivity index is 0. The molecule has 0 atom stereocenters. The number of hydrogen-bond acceptors (Lipinski definition) is 7. The van der Waals surface area contributed by atoms with E-state index in [9.17, 15) is 0 Å². The van der Waals surface area contributed by atoms with Gasteiger partial charge in [0.2, 0.25) is 11.8 Å². The fourth-order valence-electron chi connectivity index (χ4n) is 1.26. The maximum Gasteiger partial charge on any atom is 0.221 e. The van der Waals surface area contributed by atoms with E-state index in [4.69, 9.17) is 16.0 Å². The molecule has 0 saturated carbocycles. The molecule has 2 aromatic heterocycles. The van der Waals surface area contributed by atoms with Gasteiger partial charge in [-0.25, -0.2) is 19.9 Å². The molecule has 2 aromatic rings. The SMILES string of the molecule is BrP(Br)Br.COc1ncncc1CBr.COc1ncncc1CO.[2H]CC. The first-order valence-corrected chi connectivity index (χ1v) is 15.3. The predicted molar refractivity (Wildman–Crippen MR) is 121 cm³/mol. The number of aromatic nitrogens is 4. The number of methoxy groups -OCH3 is 2. The molecule has 0 amide bonds. The minimum absolute atomic E-state index is 0.0932. The molecule has 0 aromatic carbocycles. The molecule has 0 saturated heterocycles. The molecule has 1 N–H and O–H groups in total. The van der Waals surface area contributed by atoms with E-state index in [0.717, 1.165) is 10.9 Å². The fraction of sp³-hybridized carbons (Fsp3) is 0.429. The maximum atomic E-state index is 8.69. The summed E-state index contributed by atoms with van der Waals surface area (Å²) in [5.41, 5.74) is 1.56. The van der Waals surface area contributed by atoms with Gasteiger partial charge in [0.25, 0.3) is 0 Å². The molecule has 0 unspecified atom stereocenters. The Morgan fingerprint density at radius 3 is 1.69 bits per heavy atom. The molecule has 148 valence electrons. The van der Waals surface area contributed by atoms with Crippen LogP contribution in [0.4, 0.5) is 0 Å². The lowest BCUT2D eigenvalue weighted by Gasteiger charge is -2.00. The Kier molecular flexibility index (Phi) is 19.9. The van der Waals surface area contributed by atoms with Crippen molar-refractivity contribution in [2.75, 3.05) is 14.2 Å². The molecule has 0 fully saturated rings. The highest BCUT2D eigenvalue weighted by molar-refractivity contribution is 9.93. The Bertz CT molecular complexity index is 510. The van der Waals surface area contributed by atoms with Gasteiger partial charge in [-0.05, 0) is 46.5 Å². The van der Waals surface area contributed by atoms with Gasteiger partial charge in [0.05, 0.1) is 26.4 Å². The summed E-state index contributed by atoms with van der Waals surface area (Å²) in [6.07, 6.45) is 6.08. The number of ether oxygens (including phenoxy) is 2. The van der Waals surface area contributed by atoms with Crippen molar-refractivity contribution in [3.05, 3.63) is 36.2 Å². The van der Waals surface area contributed by atoms with Crippen molar-refractivity contribution in [2.24, 2.45) is 0 Å². The molecule has 2 rings (SSSR count). The highest BCUT2D eigenvalue weighted by Gasteiger charge is 2.00. The van der Waals surface area contributed by atoms with Crippen LogP contribution in [0, 0.1) is 0 Å². The van der Waals surface area contributed by atoms with Crippen LogP contribution >= 0.6 is 66.4 Å². The number of rotatable bonds is 4. The number of hydrogen-bond donors (Lipinski definition) is 1. The lowest BCUT2D eigenvalue weighted by atomic mass is 10.3. The number of aliphatic hydroxyl groups excluding tert-OH is 1. The van der Waals surface area contributed by atoms with Crippen molar-refractivity contribution in [1.82, 2.24) is 19.9 Å². The normalized spacial score (nSPS) is 9.35. The standard InChI is InChI=1S/C6H7BrN2O.C6H8N2O2.C2H6.Br3P/c1-10-6-5(2-7)3-8-4-9-6;1-10-6-5(3-9)2-7-4-8-6;1-2;1-4(2)3/h3-4H,2H2,1H3;2,4,9H,3H2,1H3;1-2H3;/i;;1D;. The molecule has 0 bridgehead atoms. The Morgan fingerprint density at radius 1 is 1.04 bits per heavy atom. The lowest BCUT2D eigenvalue weighted by molar-refractivity contribution is 0.270. The van der Waals surface area contributed by atoms with Gasteiger partial charge < -0.3 is 14.6 Å². The van der Waals surface area contributed by atoms with E-state index in [0.29, 0.717) is 24.2 Å². The van der Waals surface area contributed by atoms with E-state index >= 15 is 0 Å². The van der Waals surface area contributed by atoms with E-state index in [1.165, 1.54) is 26.0 Å². The average Bonchev–Trinajstić information content (AvgIpc) is 2.68. The molecule has 0 radical (unpaired) electrons. The van der Waals surface area contributed by atoms with Gasteiger partial charge in [-0.2, -0.15) is 0 Å². The first kappa shape index (κ1) is 26.1. The van der Waals surface area contributed by atoms with Crippen LogP contribution in [0.5, 0.6) is 11.8 Å². The van der Waals surface area contributed by atoms with E-state index < -0.39 is 0 Å². The van der Waals surface area contributed by atoms with Crippen LogP contribution in [-0.4, -0.2) is 39.3 Å². The summed E-state index contributed by atoms with van der Waals surface area (Å²) >= 11 is 12.8. The summed E-state index contributed by atoms with van der Waals surface area (Å²) in [7, 11) is 3.09. The van der Waals surface area contributed by atoms with Crippen molar-refractivity contribution < 1.29 is 16.0 Å². The van der Waals surface area contributed by atoms with Gasteiger partial charge in [0, 0.05) is 24.7 Å². The van der Waals surface area contributed by atoms with Gasteiger partial charge in [-0.3, -0.25) is 0 Å². The summed E-state index contributed by atoms with van der Waals surface area (Å²) in [6, 6.07) is 0. The van der Waals surface area contributed by atoms with Gasteiger partial charge >= 0.3 is 0 Å². The third-order valence-electron chi connectivity index (χ3n) is 2.19. The molecule has 2 heterocycles. The molecule has 0 spiro atoms. The van der Waals surface area contributed by atoms with Crippen molar-refractivity contribution in [3.63, 3.8) is 0 Å². The summed E-state index contributed by atoms with van der Waals surface area (Å²) in [5, 5.41) is 9.41. The van der Waals surface area contributed by atoms with Crippen LogP contribution in [0.25, 0.3) is 0 Å². The van der Waals surface area contributed by atoms with Gasteiger partial charge in [-0.1, -0.05) is 29.8 Å². The molecule has 12 heteroatoms. The van der Waals surface area contributed by atoms with Crippen molar-refractivity contribution in [3.8, 4) is 11.8 Å². The van der Waals surface area contributed by atoms with Crippen molar-refractivity contribution >= 4 is 66.4 Å². The van der Waals surface area contributed by atoms with Crippen molar-refractivity contribution in [2.45, 2.75) is 25.8 Å². The molecule has 7 nitrogen and oxygen atoms in total. The third-order valence-corrected chi connectivity index (χ3v) is 2.80. The summed E-state index contributed by atoms with van der Waals surface area (Å²) < 4.78 is 15.8. The topological polar surface area (TPSA) is 90.3 Å². The predicted octanol–water partition coefficient (Wildman–Crippen LogP) is 5.78. The van der Waals surface area contributed by atoms with Crippen LogP contribution in [0.3, 0.4) is 0 Å². The zero-order chi connectivity index (χ0) is 21.1. The van der Waals surface area contributed by atoms with E-state index in [1.807, 2.05) is 0 Å². The smallest absolute Gasteiger partial charge is 0.221 e. The monoisotopic (exact) mass is 641 g/mol. The second-order valence-corrected chi connectivity index (χ2v) is 19.5. The Morgan fingerprint density at radius 2 is 1.42 bits per heavy atom. The van der Waals surface area contributed by atoms with Crippen LogP contribution in [0.2, 0.25) is 0 Å². The second kappa shape index (κ2) is 19.8. The zero-order valence-corrected chi connectivity index (χ0v) is 21.7. The number of halogens is 4. The minimum atomic E-state index is -0.183.